The van der Waals surface area contributed by atoms with Gasteiger partial charge in [0.25, 0.3) is 0 Å². The minimum absolute atomic E-state index is 0.453. The smallest absolute Gasteiger partial charge is 0.313 e. The lowest BCUT2D eigenvalue weighted by Gasteiger charge is -2.30. The van der Waals surface area contributed by atoms with Gasteiger partial charge in [0.1, 0.15) is 5.82 Å². The second-order valence-corrected chi connectivity index (χ2v) is 8.30. The van der Waals surface area contributed by atoms with Gasteiger partial charge >= 0.3 is 11.8 Å². The number of aromatic nitrogens is 2. The summed E-state index contributed by atoms with van der Waals surface area (Å²) in [7, 11) is 1.79. The maximum Gasteiger partial charge on any atom is 0.313 e. The van der Waals surface area contributed by atoms with Gasteiger partial charge in [-0.3, -0.25) is 9.59 Å². The number of amides is 2. The predicted molar refractivity (Wildman–Crippen MR) is 133 cm³/mol. The van der Waals surface area contributed by atoms with Crippen LogP contribution in [0.4, 0.5) is 11.5 Å². The van der Waals surface area contributed by atoms with Gasteiger partial charge in [0.15, 0.2) is 0 Å². The molecule has 0 aliphatic carbocycles. The molecule has 1 unspecified atom stereocenters. The summed E-state index contributed by atoms with van der Waals surface area (Å²) in [6, 6.07) is 9.92. The molecule has 1 aliphatic rings. The molecule has 8 heteroatoms. The van der Waals surface area contributed by atoms with Gasteiger partial charge in [0, 0.05) is 20.1 Å². The summed E-state index contributed by atoms with van der Waals surface area (Å²) >= 11 is 1.68. The average Bonchev–Trinajstić information content (AvgIpc) is 3.29. The zero-order valence-electron chi connectivity index (χ0n) is 19.5. The summed E-state index contributed by atoms with van der Waals surface area (Å²) in [5.41, 5.74) is 4.41. The zero-order chi connectivity index (χ0) is 23.5. The van der Waals surface area contributed by atoms with Crippen LogP contribution in [-0.4, -0.2) is 46.8 Å². The van der Waals surface area contributed by atoms with E-state index >= 15 is 0 Å². The van der Waals surface area contributed by atoms with Gasteiger partial charge in [-0.05, 0) is 49.4 Å². The van der Waals surface area contributed by atoms with Gasteiger partial charge in [0.2, 0.25) is 0 Å². The van der Waals surface area contributed by atoms with E-state index in [4.69, 9.17) is 0 Å². The van der Waals surface area contributed by atoms with E-state index < -0.39 is 11.8 Å². The summed E-state index contributed by atoms with van der Waals surface area (Å²) < 4.78 is 1.26. The zero-order valence-corrected chi connectivity index (χ0v) is 20.3. The molecule has 7 nitrogen and oxygen atoms in total. The Kier molecular flexibility index (Phi) is 10.1. The summed E-state index contributed by atoms with van der Waals surface area (Å²) in [5, 5.41) is 5.58. The van der Waals surface area contributed by atoms with Crippen molar-refractivity contribution in [1.82, 2.24) is 14.9 Å². The largest absolute Gasteiger partial charge is 0.373 e. The van der Waals surface area contributed by atoms with Crippen molar-refractivity contribution in [3.05, 3.63) is 47.6 Å². The number of nitrogens with one attached hydrogen (secondary N) is 2. The minimum atomic E-state index is -0.595. The first kappa shape index (κ1) is 25.3. The summed E-state index contributed by atoms with van der Waals surface area (Å²) in [6.07, 6.45) is 3.61. The van der Waals surface area contributed by atoms with Crippen LogP contribution in [-0.2, 0) is 9.59 Å². The second kappa shape index (κ2) is 12.8. The number of nitrogens with zero attached hydrogens (tertiary/aromatic N) is 3. The Morgan fingerprint density at radius 1 is 1.19 bits per heavy atom. The Hall–Kier alpha value is -3.00. The lowest BCUT2D eigenvalue weighted by molar-refractivity contribution is -0.144. The van der Waals surface area contributed by atoms with E-state index in [2.05, 4.69) is 33.6 Å². The van der Waals surface area contributed by atoms with Crippen LogP contribution in [0.25, 0.3) is 10.2 Å². The van der Waals surface area contributed by atoms with Crippen molar-refractivity contribution in [2.24, 2.45) is 5.92 Å². The molecule has 3 heterocycles. The molecule has 2 N–H and O–H groups in total. The van der Waals surface area contributed by atoms with Crippen LogP contribution >= 0.6 is 11.3 Å². The van der Waals surface area contributed by atoms with Gasteiger partial charge in [0.05, 0.1) is 27.6 Å². The third kappa shape index (κ3) is 7.02. The van der Waals surface area contributed by atoms with Crippen molar-refractivity contribution in [2.75, 3.05) is 30.8 Å². The van der Waals surface area contributed by atoms with E-state index in [1.165, 1.54) is 4.70 Å². The first-order valence-electron chi connectivity index (χ1n) is 11.0. The predicted octanol–water partition coefficient (Wildman–Crippen LogP) is 4.95. The number of fused-ring (bicyclic) bond motifs is 1. The molecule has 3 aromatic rings. The number of hydrogen-bond donors (Lipinski definition) is 2. The minimum Gasteiger partial charge on any atom is -0.373 e. The molecule has 0 bridgehead atoms. The number of likely N-dealkylation sites (tertiary alicyclic amines) is 1. The van der Waals surface area contributed by atoms with Crippen molar-refractivity contribution in [3.63, 3.8) is 0 Å². The normalized spacial score (nSPS) is 15.0. The van der Waals surface area contributed by atoms with Crippen LogP contribution < -0.4 is 10.6 Å². The third-order valence-corrected chi connectivity index (χ3v) is 5.76. The van der Waals surface area contributed by atoms with Crippen LogP contribution in [0.5, 0.6) is 0 Å². The molecule has 1 aliphatic heterocycles. The number of carbonyl (C=O) groups excluding carboxylic acids is 2. The number of anilines is 2. The van der Waals surface area contributed by atoms with E-state index in [1.54, 1.807) is 35.5 Å². The van der Waals surface area contributed by atoms with Crippen molar-refractivity contribution >= 4 is 44.9 Å². The van der Waals surface area contributed by atoms with Crippen molar-refractivity contribution in [1.29, 1.82) is 0 Å². The Balaban J connectivity index is 0.000000271. The molecule has 2 aromatic heterocycles. The Bertz CT molecular complexity index is 990. The lowest BCUT2D eigenvalue weighted by Crippen LogP contribution is -2.44. The van der Waals surface area contributed by atoms with Gasteiger partial charge in [-0.15, -0.1) is 11.3 Å². The number of piperidine rings is 1. The van der Waals surface area contributed by atoms with Crippen LogP contribution in [0.2, 0.25) is 0 Å². The Labute approximate surface area is 194 Å². The van der Waals surface area contributed by atoms with E-state index in [0.29, 0.717) is 24.7 Å². The number of rotatable bonds is 2. The van der Waals surface area contributed by atoms with Crippen molar-refractivity contribution < 1.29 is 9.59 Å². The molecule has 1 aromatic carbocycles. The SMILES string of the molecule is CC.CNc1ncc(NC(=O)C(=O)N2CCCC(C)C2)cc1C.c1ccc2scnc2c1. The average molecular weight is 456 g/mol. The van der Waals surface area contributed by atoms with E-state index in [9.17, 15) is 9.59 Å². The topological polar surface area (TPSA) is 87.2 Å². The maximum absolute atomic E-state index is 12.1. The molecular weight excluding hydrogens is 422 g/mol. The first-order valence-corrected chi connectivity index (χ1v) is 11.9. The highest BCUT2D eigenvalue weighted by Gasteiger charge is 2.26. The number of para-hydroxylation sites is 1. The lowest BCUT2D eigenvalue weighted by atomic mass is 10.0. The maximum atomic E-state index is 12.1. The highest BCUT2D eigenvalue weighted by molar-refractivity contribution is 7.16. The quantitative estimate of drug-likeness (QED) is 0.534. The van der Waals surface area contributed by atoms with Gasteiger partial charge in [-0.2, -0.15) is 0 Å². The van der Waals surface area contributed by atoms with E-state index in [0.717, 1.165) is 29.7 Å². The highest BCUT2D eigenvalue weighted by atomic mass is 32.1. The number of carbonyl (C=O) groups is 2. The van der Waals surface area contributed by atoms with Crippen LogP contribution in [0, 0.1) is 12.8 Å². The number of thiazole rings is 1. The van der Waals surface area contributed by atoms with Gasteiger partial charge < -0.3 is 15.5 Å². The fourth-order valence-electron chi connectivity index (χ4n) is 3.41. The number of hydrogen-bond acceptors (Lipinski definition) is 6. The van der Waals surface area contributed by atoms with Crippen LogP contribution in [0.1, 0.15) is 39.2 Å². The molecule has 1 saturated heterocycles. The third-order valence-electron chi connectivity index (χ3n) is 4.95. The first-order chi connectivity index (χ1) is 15.5. The fraction of sp³-hybridized carbons (Fsp3) is 0.417. The molecule has 4 rings (SSSR count). The van der Waals surface area contributed by atoms with E-state index in [1.807, 2.05) is 44.5 Å². The molecule has 1 fully saturated rings. The van der Waals surface area contributed by atoms with Crippen LogP contribution in [0.15, 0.2) is 42.0 Å². The summed E-state index contributed by atoms with van der Waals surface area (Å²) in [5.74, 6) is 0.151. The van der Waals surface area contributed by atoms with Crippen molar-refractivity contribution in [3.8, 4) is 0 Å². The summed E-state index contributed by atoms with van der Waals surface area (Å²) in [4.78, 5) is 34.1. The molecule has 1 atom stereocenters. The number of benzene rings is 1. The Morgan fingerprint density at radius 3 is 2.59 bits per heavy atom. The van der Waals surface area contributed by atoms with Gasteiger partial charge in [-0.25, -0.2) is 9.97 Å². The molecule has 172 valence electrons. The molecular formula is C24H33N5O2S. The van der Waals surface area contributed by atoms with Crippen molar-refractivity contribution in [2.45, 2.75) is 40.5 Å². The highest BCUT2D eigenvalue weighted by Crippen LogP contribution is 2.18. The van der Waals surface area contributed by atoms with E-state index in [-0.39, 0.29) is 0 Å². The standard InChI is InChI=1S/C15H22N4O2.C7H5NS.C2H6/c1-10-5-4-6-19(9-10)15(21)14(20)18-12-7-11(2)13(16-3)17-8-12;1-2-4-7-6(3-1)8-5-9-7;1-2/h7-8,10H,4-6,9H2,1-3H3,(H,16,17)(H,18,20);1-5H;1-2H3. The fourth-order valence-corrected chi connectivity index (χ4v) is 4.09. The number of aryl methyl sites for hydroxylation is 1. The molecule has 0 spiro atoms. The second-order valence-electron chi connectivity index (χ2n) is 7.41. The van der Waals surface area contributed by atoms with Gasteiger partial charge in [-0.1, -0.05) is 32.9 Å². The monoisotopic (exact) mass is 455 g/mol. The molecule has 0 saturated carbocycles. The number of pyridine rings is 1. The summed E-state index contributed by atoms with van der Waals surface area (Å²) in [6.45, 7) is 9.30. The molecule has 32 heavy (non-hydrogen) atoms. The molecule has 0 radical (unpaired) electrons. The van der Waals surface area contributed by atoms with Crippen LogP contribution in [0.3, 0.4) is 0 Å². The Morgan fingerprint density at radius 2 is 1.94 bits per heavy atom. The molecule has 2 amide bonds.